The highest BCUT2D eigenvalue weighted by Crippen LogP contribution is 2.26. The van der Waals surface area contributed by atoms with Crippen molar-refractivity contribution in [3.05, 3.63) is 113 Å². The van der Waals surface area contributed by atoms with Gasteiger partial charge >= 0.3 is 5.97 Å². The standard InChI is InChI=1S/C30H28BrN3O3/c1-22(12-13-23-8-4-2-5-9-23)32-28(35)21-37-29(36)19-16-25-20-34(27-10-6-3-7-11-27)33-30(25)24-14-17-26(31)18-15-24/h2-11,14-20,22H,12-13,21H2,1H3,(H,32,35)/b19-16+/t22-/m1/s1. The second kappa shape index (κ2) is 12.8. The summed E-state index contributed by atoms with van der Waals surface area (Å²) in [7, 11) is 0. The molecule has 0 fully saturated rings. The van der Waals surface area contributed by atoms with E-state index < -0.39 is 5.97 Å². The SMILES string of the molecule is C[C@H](CCc1ccccc1)NC(=O)COC(=O)/C=C/c1cn(-c2ccccc2)nc1-c1ccc(Br)cc1. The third-order valence-corrected chi connectivity index (χ3v) is 6.27. The van der Waals surface area contributed by atoms with Crippen LogP contribution in [0.2, 0.25) is 0 Å². The number of carbonyl (C=O) groups excluding carboxylic acids is 2. The first-order valence-electron chi connectivity index (χ1n) is 12.1. The molecule has 1 heterocycles. The lowest BCUT2D eigenvalue weighted by Crippen LogP contribution is -2.36. The summed E-state index contributed by atoms with van der Waals surface area (Å²) < 4.78 is 7.91. The Bertz CT molecular complexity index is 1350. The summed E-state index contributed by atoms with van der Waals surface area (Å²) in [6.07, 6.45) is 6.50. The molecule has 7 heteroatoms. The highest BCUT2D eigenvalue weighted by molar-refractivity contribution is 9.10. The summed E-state index contributed by atoms with van der Waals surface area (Å²) in [5.41, 5.74) is 4.52. The van der Waals surface area contributed by atoms with Crippen molar-refractivity contribution in [2.45, 2.75) is 25.8 Å². The molecule has 1 N–H and O–H groups in total. The van der Waals surface area contributed by atoms with Crippen molar-refractivity contribution in [1.29, 1.82) is 0 Å². The van der Waals surface area contributed by atoms with Crippen LogP contribution in [-0.4, -0.2) is 34.3 Å². The number of nitrogens with zero attached hydrogens (tertiary/aromatic N) is 2. The van der Waals surface area contributed by atoms with E-state index >= 15 is 0 Å². The zero-order chi connectivity index (χ0) is 26.0. The van der Waals surface area contributed by atoms with Crippen LogP contribution < -0.4 is 5.32 Å². The highest BCUT2D eigenvalue weighted by Gasteiger charge is 2.13. The van der Waals surface area contributed by atoms with Gasteiger partial charge in [0.15, 0.2) is 6.61 Å². The van der Waals surface area contributed by atoms with Crippen LogP contribution in [-0.2, 0) is 20.7 Å². The van der Waals surface area contributed by atoms with Gasteiger partial charge in [0.1, 0.15) is 0 Å². The van der Waals surface area contributed by atoms with Gasteiger partial charge in [-0.3, -0.25) is 4.79 Å². The Hall–Kier alpha value is -3.97. The number of esters is 1. The van der Waals surface area contributed by atoms with Crippen molar-refractivity contribution >= 4 is 33.9 Å². The van der Waals surface area contributed by atoms with Crippen LogP contribution in [0.15, 0.2) is 102 Å². The molecule has 4 rings (SSSR count). The molecule has 0 radical (unpaired) electrons. The number of para-hydroxylation sites is 1. The van der Waals surface area contributed by atoms with E-state index in [1.54, 1.807) is 10.8 Å². The first kappa shape index (κ1) is 26.1. The molecular formula is C30H28BrN3O3. The van der Waals surface area contributed by atoms with E-state index in [9.17, 15) is 9.59 Å². The highest BCUT2D eigenvalue weighted by atomic mass is 79.9. The molecule has 6 nitrogen and oxygen atoms in total. The number of hydrogen-bond donors (Lipinski definition) is 1. The van der Waals surface area contributed by atoms with Crippen molar-refractivity contribution < 1.29 is 14.3 Å². The number of aromatic nitrogens is 2. The Morgan fingerprint density at radius 1 is 1.00 bits per heavy atom. The molecule has 1 amide bonds. The average Bonchev–Trinajstić information content (AvgIpc) is 3.35. The van der Waals surface area contributed by atoms with Crippen LogP contribution in [0.3, 0.4) is 0 Å². The molecule has 4 aromatic rings. The fourth-order valence-corrected chi connectivity index (χ4v) is 4.08. The Kier molecular flexibility index (Phi) is 9.05. The fraction of sp³-hybridized carbons (Fsp3) is 0.167. The molecule has 0 bridgehead atoms. The Morgan fingerprint density at radius 3 is 2.38 bits per heavy atom. The minimum Gasteiger partial charge on any atom is -0.452 e. The van der Waals surface area contributed by atoms with E-state index in [2.05, 4.69) is 33.4 Å². The smallest absolute Gasteiger partial charge is 0.331 e. The quantitative estimate of drug-likeness (QED) is 0.192. The molecule has 3 aromatic carbocycles. The topological polar surface area (TPSA) is 73.2 Å². The monoisotopic (exact) mass is 557 g/mol. The Balaban J connectivity index is 1.36. The van der Waals surface area contributed by atoms with Gasteiger partial charge in [0, 0.05) is 33.9 Å². The van der Waals surface area contributed by atoms with Crippen molar-refractivity contribution in [2.24, 2.45) is 0 Å². The summed E-state index contributed by atoms with van der Waals surface area (Å²) in [4.78, 5) is 24.6. The molecule has 0 aliphatic rings. The second-order valence-corrected chi connectivity index (χ2v) is 9.57. The summed E-state index contributed by atoms with van der Waals surface area (Å²) in [5, 5.41) is 7.62. The third kappa shape index (κ3) is 7.75. The van der Waals surface area contributed by atoms with Crippen molar-refractivity contribution in [3.63, 3.8) is 0 Å². The molecule has 0 unspecified atom stereocenters. The number of benzene rings is 3. The predicted molar refractivity (Wildman–Crippen MR) is 149 cm³/mol. The molecule has 0 aliphatic heterocycles. The van der Waals surface area contributed by atoms with E-state index in [0.29, 0.717) is 0 Å². The van der Waals surface area contributed by atoms with Crippen molar-refractivity contribution in [1.82, 2.24) is 15.1 Å². The Morgan fingerprint density at radius 2 is 1.68 bits per heavy atom. The molecule has 0 saturated heterocycles. The van der Waals surface area contributed by atoms with Gasteiger partial charge in [0.05, 0.1) is 11.4 Å². The van der Waals surface area contributed by atoms with Crippen molar-refractivity contribution in [3.8, 4) is 16.9 Å². The summed E-state index contributed by atoms with van der Waals surface area (Å²) in [6.45, 7) is 1.61. The van der Waals surface area contributed by atoms with E-state index in [1.165, 1.54) is 11.6 Å². The average molecular weight is 558 g/mol. The van der Waals surface area contributed by atoms with Crippen LogP contribution >= 0.6 is 15.9 Å². The van der Waals surface area contributed by atoms with E-state index in [1.807, 2.05) is 85.9 Å². The summed E-state index contributed by atoms with van der Waals surface area (Å²) >= 11 is 3.46. The van der Waals surface area contributed by atoms with Crippen LogP contribution in [0.25, 0.3) is 23.0 Å². The number of ether oxygens (including phenoxy) is 1. The lowest BCUT2D eigenvalue weighted by Gasteiger charge is -2.13. The first-order chi connectivity index (χ1) is 18.0. The zero-order valence-corrected chi connectivity index (χ0v) is 22.1. The van der Waals surface area contributed by atoms with Crippen LogP contribution in [0, 0.1) is 0 Å². The summed E-state index contributed by atoms with van der Waals surface area (Å²) in [5.74, 6) is -0.920. The number of nitrogens with one attached hydrogen (secondary N) is 1. The minimum atomic E-state index is -0.596. The van der Waals surface area contributed by atoms with E-state index in [4.69, 9.17) is 9.84 Å². The van der Waals surface area contributed by atoms with E-state index in [-0.39, 0.29) is 18.6 Å². The van der Waals surface area contributed by atoms with Gasteiger partial charge in [-0.1, -0.05) is 76.6 Å². The van der Waals surface area contributed by atoms with Crippen LogP contribution in [0.4, 0.5) is 0 Å². The van der Waals surface area contributed by atoms with Gasteiger partial charge in [0.2, 0.25) is 0 Å². The predicted octanol–water partition coefficient (Wildman–Crippen LogP) is 6.00. The minimum absolute atomic E-state index is 0.0285. The lowest BCUT2D eigenvalue weighted by molar-refractivity contribution is -0.144. The normalized spacial score (nSPS) is 11.8. The molecule has 1 atom stereocenters. The number of carbonyl (C=O) groups is 2. The molecular weight excluding hydrogens is 530 g/mol. The molecule has 1 aromatic heterocycles. The molecule has 0 aliphatic carbocycles. The third-order valence-electron chi connectivity index (χ3n) is 5.74. The lowest BCUT2D eigenvalue weighted by atomic mass is 10.1. The van der Waals surface area contributed by atoms with Gasteiger partial charge < -0.3 is 10.1 Å². The zero-order valence-electron chi connectivity index (χ0n) is 20.5. The Labute approximate surface area is 225 Å². The second-order valence-electron chi connectivity index (χ2n) is 8.65. The van der Waals surface area contributed by atoms with Gasteiger partial charge in [-0.15, -0.1) is 0 Å². The molecule has 0 saturated carbocycles. The van der Waals surface area contributed by atoms with E-state index in [0.717, 1.165) is 39.8 Å². The van der Waals surface area contributed by atoms with Crippen LogP contribution in [0.1, 0.15) is 24.5 Å². The number of rotatable bonds is 10. The van der Waals surface area contributed by atoms with Crippen molar-refractivity contribution in [2.75, 3.05) is 6.61 Å². The molecule has 37 heavy (non-hydrogen) atoms. The number of hydrogen-bond acceptors (Lipinski definition) is 4. The number of halogens is 1. The maximum Gasteiger partial charge on any atom is 0.331 e. The molecule has 0 spiro atoms. The largest absolute Gasteiger partial charge is 0.452 e. The fourth-order valence-electron chi connectivity index (χ4n) is 3.81. The maximum atomic E-state index is 12.4. The maximum absolute atomic E-state index is 12.4. The van der Waals surface area contributed by atoms with Gasteiger partial charge in [-0.05, 0) is 55.7 Å². The van der Waals surface area contributed by atoms with Crippen LogP contribution in [0.5, 0.6) is 0 Å². The first-order valence-corrected chi connectivity index (χ1v) is 12.9. The van der Waals surface area contributed by atoms with Gasteiger partial charge in [-0.2, -0.15) is 5.10 Å². The number of aryl methyl sites for hydroxylation is 1. The summed E-state index contributed by atoms with van der Waals surface area (Å²) in [6, 6.07) is 27.6. The molecule has 188 valence electrons. The number of amides is 1. The van der Waals surface area contributed by atoms with Gasteiger partial charge in [0.25, 0.3) is 5.91 Å². The van der Waals surface area contributed by atoms with Gasteiger partial charge in [-0.25, -0.2) is 9.48 Å².